The van der Waals surface area contributed by atoms with Gasteiger partial charge in [0, 0.05) is 53.9 Å². The van der Waals surface area contributed by atoms with Crippen molar-refractivity contribution in [3.05, 3.63) is 88.7 Å². The molecule has 38 heavy (non-hydrogen) atoms. The molecule has 2 atom stereocenters. The monoisotopic (exact) mass is 522 g/mol. The van der Waals surface area contributed by atoms with Crippen LogP contribution in [0.3, 0.4) is 0 Å². The Morgan fingerprint density at radius 1 is 1.03 bits per heavy atom. The maximum Gasteiger partial charge on any atom is 0.153 e. The number of rotatable bonds is 6. The number of likely N-dealkylation sites (tertiary alicyclic amines) is 1. The van der Waals surface area contributed by atoms with Gasteiger partial charge in [0.1, 0.15) is 17.0 Å². The van der Waals surface area contributed by atoms with E-state index < -0.39 is 11.6 Å². The fourth-order valence-corrected chi connectivity index (χ4v) is 6.02. The first-order valence-electron chi connectivity index (χ1n) is 13.5. The normalized spacial score (nSPS) is 21.3. The van der Waals surface area contributed by atoms with Crippen molar-refractivity contribution in [2.24, 2.45) is 4.99 Å². The molecule has 0 spiro atoms. The van der Waals surface area contributed by atoms with Gasteiger partial charge in [0.25, 0.3) is 0 Å². The summed E-state index contributed by atoms with van der Waals surface area (Å²) in [7, 11) is 0. The molecule has 2 saturated heterocycles. The molecule has 3 aliphatic heterocycles. The second-order valence-corrected chi connectivity index (χ2v) is 10.6. The minimum atomic E-state index is -0.603. The van der Waals surface area contributed by atoms with Crippen LogP contribution in [0, 0.1) is 11.6 Å². The molecule has 2 aromatic carbocycles. The van der Waals surface area contributed by atoms with Crippen molar-refractivity contribution < 1.29 is 13.1 Å². The second kappa shape index (κ2) is 10.2. The molecule has 0 radical (unpaired) electrons. The van der Waals surface area contributed by atoms with Crippen LogP contribution in [0.2, 0.25) is 0 Å². The average Bonchev–Trinajstić information content (AvgIpc) is 3.61. The third kappa shape index (κ3) is 4.64. The molecule has 1 aromatic heterocycles. The zero-order valence-electron chi connectivity index (χ0n) is 21.7. The minimum Gasteiger partial charge on any atom is -0.370 e. The molecule has 3 aliphatic rings. The summed E-state index contributed by atoms with van der Waals surface area (Å²) in [4.78, 5) is 12.5. The number of anilines is 3. The van der Waals surface area contributed by atoms with Crippen molar-refractivity contribution in [2.45, 2.75) is 44.6 Å². The molecule has 3 aromatic rings. The Bertz CT molecular complexity index is 1490. The zero-order valence-corrected chi connectivity index (χ0v) is 21.7. The smallest absolute Gasteiger partial charge is 0.153 e. The molecule has 3 N–H and O–H groups in total. The van der Waals surface area contributed by atoms with Crippen LogP contribution in [0.1, 0.15) is 48.4 Å². The summed E-state index contributed by atoms with van der Waals surface area (Å²) in [5.74, 6) is -0.814. The number of halogens is 2. The average molecular weight is 523 g/mol. The number of H-pyrrole nitrogens is 1. The van der Waals surface area contributed by atoms with Gasteiger partial charge >= 0.3 is 0 Å². The lowest BCUT2D eigenvalue weighted by Crippen LogP contribution is -2.43. The summed E-state index contributed by atoms with van der Waals surface area (Å²) >= 11 is 0. The third-order valence-corrected chi connectivity index (χ3v) is 8.02. The van der Waals surface area contributed by atoms with Gasteiger partial charge in [-0.1, -0.05) is 18.7 Å². The van der Waals surface area contributed by atoms with E-state index in [1.807, 2.05) is 23.2 Å². The molecule has 6 nitrogen and oxygen atoms in total. The van der Waals surface area contributed by atoms with E-state index in [2.05, 4.69) is 52.4 Å². The first kappa shape index (κ1) is 24.5. The summed E-state index contributed by atoms with van der Waals surface area (Å²) in [5, 5.41) is 1.13. The predicted octanol–water partition coefficient (Wildman–Crippen LogP) is 5.64. The van der Waals surface area contributed by atoms with E-state index in [-0.39, 0.29) is 16.0 Å². The van der Waals surface area contributed by atoms with Gasteiger partial charge < -0.3 is 20.2 Å². The van der Waals surface area contributed by atoms with Crippen LogP contribution in [0.25, 0.3) is 5.70 Å². The molecule has 204 valence electrons. The maximum absolute atomic E-state index is 14.8. The third-order valence-electron chi connectivity index (χ3n) is 8.02. The van der Waals surface area contributed by atoms with E-state index in [0.717, 1.165) is 79.9 Å². The Morgan fingerprint density at radius 3 is 2.68 bits per heavy atom. The number of hydrogen-bond acceptors (Lipinski definition) is 5. The Labute approximate surface area is 226 Å². The predicted molar refractivity (Wildman–Crippen MR) is 155 cm³/mol. The molecular formula is C30H40F2N6. The van der Waals surface area contributed by atoms with Crippen molar-refractivity contribution in [1.82, 2.24) is 9.88 Å². The number of aromatic nitrogens is 1. The van der Waals surface area contributed by atoms with Crippen LogP contribution in [0.4, 0.5) is 25.8 Å². The number of hydrazine groups is 1. The van der Waals surface area contributed by atoms with Crippen molar-refractivity contribution >= 4 is 22.8 Å². The fraction of sp³-hybridized carbons (Fsp3) is 0.367. The number of nitrogens with zero attached hydrogens (tertiary/aromatic N) is 3. The summed E-state index contributed by atoms with van der Waals surface area (Å²) in [6.07, 6.45) is 6.18. The highest BCUT2D eigenvalue weighted by atomic mass is 19.1. The van der Waals surface area contributed by atoms with E-state index in [0.29, 0.717) is 11.6 Å². The van der Waals surface area contributed by atoms with Gasteiger partial charge in [0.15, 0.2) is 5.82 Å². The number of nitrogens with one attached hydrogen (secondary N) is 3. The number of hydrogen-bond donors (Lipinski definition) is 3. The standard InChI is InChI=1S/C30H34F2N6.3H2/c1-19-20(2)34-30-25(10-11-33-30)29(19)38-14-6-8-22(18-38)21-7-5-9-24(15-21)35-36-28-26(32)16-23(31)17-27(28)37-12-3-4-13-37;;;/h5,7,9-11,15-17,20,22,35-36H,1,3-4,6,8,12-14,18H2,2H3,(H,33,34);3*1H. The largest absolute Gasteiger partial charge is 0.370 e. The number of fused-ring (bicyclic) bond motifs is 1. The highest BCUT2D eigenvalue weighted by molar-refractivity contribution is 5.73. The number of benzene rings is 2. The van der Waals surface area contributed by atoms with Crippen molar-refractivity contribution in [3.8, 4) is 0 Å². The molecular weight excluding hydrogens is 482 g/mol. The van der Waals surface area contributed by atoms with Gasteiger partial charge in [-0.2, -0.15) is 0 Å². The van der Waals surface area contributed by atoms with Crippen LogP contribution in [-0.2, 0) is 0 Å². The van der Waals surface area contributed by atoms with E-state index >= 15 is 0 Å². The van der Waals surface area contributed by atoms with Crippen LogP contribution in [0.5, 0.6) is 0 Å². The Balaban J connectivity index is 0.00000154. The molecule has 0 amide bonds. The van der Waals surface area contributed by atoms with Gasteiger partial charge in [-0.05, 0) is 68.0 Å². The molecule has 2 fully saturated rings. The van der Waals surface area contributed by atoms with Crippen LogP contribution in [0.15, 0.2) is 65.8 Å². The second-order valence-electron chi connectivity index (χ2n) is 10.6. The topological polar surface area (TPSA) is 58.7 Å². The molecule has 6 rings (SSSR count). The van der Waals surface area contributed by atoms with E-state index in [1.54, 1.807) is 0 Å². The maximum atomic E-state index is 14.8. The molecule has 0 bridgehead atoms. The molecule has 0 saturated carbocycles. The van der Waals surface area contributed by atoms with Gasteiger partial charge in [0.2, 0.25) is 0 Å². The van der Waals surface area contributed by atoms with Crippen molar-refractivity contribution in [2.75, 3.05) is 41.9 Å². The summed E-state index contributed by atoms with van der Waals surface area (Å²) in [6.45, 7) is 9.96. The molecule has 4 heterocycles. The van der Waals surface area contributed by atoms with Gasteiger partial charge in [0.05, 0.1) is 23.1 Å². The van der Waals surface area contributed by atoms with E-state index in [4.69, 9.17) is 4.99 Å². The first-order valence-corrected chi connectivity index (χ1v) is 13.5. The van der Waals surface area contributed by atoms with Crippen molar-refractivity contribution in [1.29, 1.82) is 0 Å². The number of piperidine rings is 1. The summed E-state index contributed by atoms with van der Waals surface area (Å²) in [5.41, 5.74) is 12.3. The SMILES string of the molecule is C=C1C(N2CCCC(c3cccc(NNc4c(F)cc(F)cc4N4CCCC4)c3)C2)=c2cc[nH]c2=NC1C.[HH].[HH].[HH]. The molecule has 2 unspecified atom stereocenters. The Morgan fingerprint density at radius 2 is 1.84 bits per heavy atom. The van der Waals surface area contributed by atoms with Gasteiger partial charge in [-0.15, -0.1) is 0 Å². The highest BCUT2D eigenvalue weighted by Gasteiger charge is 2.28. The fourth-order valence-electron chi connectivity index (χ4n) is 6.02. The highest BCUT2D eigenvalue weighted by Crippen LogP contribution is 2.34. The number of aromatic amines is 1. The van der Waals surface area contributed by atoms with Crippen LogP contribution < -0.4 is 26.5 Å². The zero-order chi connectivity index (χ0) is 26.2. The summed E-state index contributed by atoms with van der Waals surface area (Å²) < 4.78 is 28.8. The minimum absolute atomic E-state index is 0. The molecule has 8 heteroatoms. The first-order chi connectivity index (χ1) is 18.5. The lowest BCUT2D eigenvalue weighted by atomic mass is 9.89. The van der Waals surface area contributed by atoms with E-state index in [9.17, 15) is 8.78 Å². The lowest BCUT2D eigenvalue weighted by Gasteiger charge is -2.38. The Hall–Kier alpha value is -3.81. The van der Waals surface area contributed by atoms with Crippen LogP contribution in [-0.4, -0.2) is 42.1 Å². The quantitative estimate of drug-likeness (QED) is 0.367. The van der Waals surface area contributed by atoms with E-state index in [1.165, 1.54) is 17.3 Å². The van der Waals surface area contributed by atoms with Crippen molar-refractivity contribution in [3.63, 3.8) is 0 Å². The lowest BCUT2D eigenvalue weighted by molar-refractivity contribution is 0.291. The summed E-state index contributed by atoms with van der Waals surface area (Å²) in [6, 6.07) is 12.7. The van der Waals surface area contributed by atoms with Gasteiger partial charge in [-0.25, -0.2) is 8.78 Å². The Kier molecular flexibility index (Phi) is 6.55. The molecule has 0 aliphatic carbocycles. The van der Waals surface area contributed by atoms with Gasteiger partial charge in [-0.3, -0.25) is 10.4 Å². The van der Waals surface area contributed by atoms with Crippen LogP contribution >= 0.6 is 0 Å².